The summed E-state index contributed by atoms with van der Waals surface area (Å²) >= 11 is 0. The molecule has 0 aliphatic rings. The Balaban J connectivity index is 2.15. The van der Waals surface area contributed by atoms with Crippen LogP contribution in [-0.4, -0.2) is 21.9 Å². The van der Waals surface area contributed by atoms with Crippen molar-refractivity contribution < 1.29 is 9.72 Å². The van der Waals surface area contributed by atoms with Crippen molar-refractivity contribution in [2.45, 2.75) is 26.8 Å². The van der Waals surface area contributed by atoms with Gasteiger partial charge in [0.1, 0.15) is 12.1 Å². The molecule has 0 unspecified atom stereocenters. The van der Waals surface area contributed by atoms with E-state index in [4.69, 9.17) is 0 Å². The van der Waals surface area contributed by atoms with Gasteiger partial charge in [-0.1, -0.05) is 26.0 Å². The third-order valence-electron chi connectivity index (χ3n) is 3.32. The quantitative estimate of drug-likeness (QED) is 0.656. The smallest absolute Gasteiger partial charge is 0.293 e. The molecule has 1 aromatic heterocycles. The topological polar surface area (TPSA) is 77.2 Å². The number of carbonyl (C=O) groups is 1. The average molecular weight is 289 g/mol. The van der Waals surface area contributed by atoms with Crippen molar-refractivity contribution in [1.29, 1.82) is 0 Å². The number of benzene rings is 1. The van der Waals surface area contributed by atoms with E-state index in [2.05, 4.69) is 19.2 Å². The molecule has 1 heterocycles. The second-order valence-electron chi connectivity index (χ2n) is 5.45. The summed E-state index contributed by atoms with van der Waals surface area (Å²) < 4.78 is 1.62. The van der Waals surface area contributed by atoms with Gasteiger partial charge in [-0.25, -0.2) is 0 Å². The summed E-state index contributed by atoms with van der Waals surface area (Å²) in [6.07, 6.45) is 2.62. The zero-order chi connectivity index (χ0) is 15.4. The third-order valence-corrected chi connectivity index (χ3v) is 3.32. The maximum atomic E-state index is 11.9. The lowest BCUT2D eigenvalue weighted by Gasteiger charge is -2.09. The van der Waals surface area contributed by atoms with Crippen molar-refractivity contribution in [3.05, 3.63) is 40.6 Å². The Morgan fingerprint density at radius 2 is 2.14 bits per heavy atom. The molecule has 0 aliphatic heterocycles. The first-order valence-electron chi connectivity index (χ1n) is 6.98. The Bertz CT molecular complexity index is 661. The van der Waals surface area contributed by atoms with Crippen LogP contribution in [0.1, 0.15) is 20.3 Å². The monoisotopic (exact) mass is 289 g/mol. The van der Waals surface area contributed by atoms with E-state index in [0.717, 1.165) is 11.8 Å². The van der Waals surface area contributed by atoms with E-state index in [1.54, 1.807) is 29.0 Å². The molecule has 0 radical (unpaired) electrons. The minimum atomic E-state index is -0.421. The summed E-state index contributed by atoms with van der Waals surface area (Å²) in [5, 5.41) is 14.7. The molecule has 0 aliphatic carbocycles. The molecule has 2 aromatic rings. The number of nitrogens with one attached hydrogen (secondary N) is 1. The summed E-state index contributed by atoms with van der Waals surface area (Å²) in [4.78, 5) is 22.6. The minimum absolute atomic E-state index is 0.0208. The van der Waals surface area contributed by atoms with Crippen LogP contribution in [0.4, 0.5) is 5.69 Å². The van der Waals surface area contributed by atoms with E-state index in [-0.39, 0.29) is 18.1 Å². The third kappa shape index (κ3) is 3.59. The van der Waals surface area contributed by atoms with Crippen molar-refractivity contribution in [3.63, 3.8) is 0 Å². The zero-order valence-electron chi connectivity index (χ0n) is 12.2. The Morgan fingerprint density at radius 1 is 1.38 bits per heavy atom. The fraction of sp³-hybridized carbons (Fsp3) is 0.400. The number of non-ortho nitro benzene ring substituents is 1. The van der Waals surface area contributed by atoms with Crippen LogP contribution in [0, 0.1) is 16.0 Å². The number of aromatic nitrogens is 1. The highest BCUT2D eigenvalue weighted by Crippen LogP contribution is 2.26. The lowest BCUT2D eigenvalue weighted by atomic mass is 10.1. The Hall–Kier alpha value is -2.37. The van der Waals surface area contributed by atoms with Gasteiger partial charge in [0.05, 0.1) is 4.92 Å². The van der Waals surface area contributed by atoms with Crippen molar-refractivity contribution >= 4 is 22.5 Å². The van der Waals surface area contributed by atoms with Crippen molar-refractivity contribution in [3.8, 4) is 0 Å². The van der Waals surface area contributed by atoms with Gasteiger partial charge in [-0.15, -0.1) is 0 Å². The molecule has 0 bridgehead atoms. The van der Waals surface area contributed by atoms with E-state index >= 15 is 0 Å². The van der Waals surface area contributed by atoms with E-state index in [1.807, 2.05) is 0 Å². The maximum absolute atomic E-state index is 11.9. The molecule has 0 fully saturated rings. The van der Waals surface area contributed by atoms with Crippen LogP contribution in [0.25, 0.3) is 10.9 Å². The number of hydrogen-bond donors (Lipinski definition) is 1. The standard InChI is InChI=1S/C15H19N3O3/c1-11(2)6-8-16-14(19)10-17-9-7-12-4-3-5-13(15(12)17)18(20)21/h3-5,7,9,11H,6,8,10H2,1-2H3,(H,16,19). The van der Waals surface area contributed by atoms with Gasteiger partial charge in [0.2, 0.25) is 5.91 Å². The summed E-state index contributed by atoms with van der Waals surface area (Å²) in [6.45, 7) is 4.90. The van der Waals surface area contributed by atoms with Crippen molar-refractivity contribution in [2.75, 3.05) is 6.54 Å². The van der Waals surface area contributed by atoms with Gasteiger partial charge < -0.3 is 9.88 Å². The van der Waals surface area contributed by atoms with Crippen LogP contribution < -0.4 is 5.32 Å². The highest BCUT2D eigenvalue weighted by Gasteiger charge is 2.16. The number of amides is 1. The first kappa shape index (κ1) is 15.0. The summed E-state index contributed by atoms with van der Waals surface area (Å²) in [6, 6.07) is 6.68. The zero-order valence-corrected chi connectivity index (χ0v) is 12.2. The van der Waals surface area contributed by atoms with Gasteiger partial charge in [-0.3, -0.25) is 14.9 Å². The highest BCUT2D eigenvalue weighted by molar-refractivity contribution is 5.90. The van der Waals surface area contributed by atoms with Crippen LogP contribution in [0.5, 0.6) is 0 Å². The largest absolute Gasteiger partial charge is 0.355 e. The first-order valence-corrected chi connectivity index (χ1v) is 6.98. The number of carbonyl (C=O) groups excluding carboxylic acids is 1. The molecule has 0 spiro atoms. The Labute approximate surface area is 122 Å². The molecule has 0 saturated carbocycles. The van der Waals surface area contributed by atoms with Gasteiger partial charge in [-0.2, -0.15) is 0 Å². The van der Waals surface area contributed by atoms with Crippen LogP contribution in [0.2, 0.25) is 0 Å². The SMILES string of the molecule is CC(C)CCNC(=O)Cn1ccc2cccc([N+](=O)[O-])c21. The number of nitrogens with zero attached hydrogens (tertiary/aromatic N) is 2. The number of nitro benzene ring substituents is 1. The second-order valence-corrected chi connectivity index (χ2v) is 5.45. The molecule has 21 heavy (non-hydrogen) atoms. The van der Waals surface area contributed by atoms with Gasteiger partial charge in [0.15, 0.2) is 0 Å². The molecule has 6 heteroatoms. The molecule has 1 aromatic carbocycles. The fourth-order valence-corrected chi connectivity index (χ4v) is 2.23. The molecule has 1 amide bonds. The number of hydrogen-bond acceptors (Lipinski definition) is 3. The van der Waals surface area contributed by atoms with E-state index < -0.39 is 4.92 Å². The van der Waals surface area contributed by atoms with E-state index in [0.29, 0.717) is 18.0 Å². The van der Waals surface area contributed by atoms with Crippen LogP contribution in [-0.2, 0) is 11.3 Å². The fourth-order valence-electron chi connectivity index (χ4n) is 2.23. The Kier molecular flexibility index (Phi) is 4.57. The average Bonchev–Trinajstić information content (AvgIpc) is 2.81. The summed E-state index contributed by atoms with van der Waals surface area (Å²) in [5.74, 6) is 0.394. The van der Waals surface area contributed by atoms with Gasteiger partial charge in [-0.05, 0) is 18.4 Å². The number of fused-ring (bicyclic) bond motifs is 1. The number of para-hydroxylation sites is 1. The predicted molar refractivity (Wildman–Crippen MR) is 81.1 cm³/mol. The molecular weight excluding hydrogens is 270 g/mol. The molecule has 0 saturated heterocycles. The van der Waals surface area contributed by atoms with Crippen LogP contribution >= 0.6 is 0 Å². The number of rotatable bonds is 6. The molecule has 1 N–H and O–H groups in total. The van der Waals surface area contributed by atoms with E-state index in [1.165, 1.54) is 6.07 Å². The Morgan fingerprint density at radius 3 is 2.81 bits per heavy atom. The molecule has 112 valence electrons. The lowest BCUT2D eigenvalue weighted by molar-refractivity contribution is -0.383. The maximum Gasteiger partial charge on any atom is 0.293 e. The predicted octanol–water partition coefficient (Wildman–Crippen LogP) is 2.71. The van der Waals surface area contributed by atoms with E-state index in [9.17, 15) is 14.9 Å². The van der Waals surface area contributed by atoms with Crippen LogP contribution in [0.3, 0.4) is 0 Å². The van der Waals surface area contributed by atoms with Crippen molar-refractivity contribution in [2.24, 2.45) is 5.92 Å². The molecule has 6 nitrogen and oxygen atoms in total. The number of nitro groups is 1. The molecular formula is C15H19N3O3. The van der Waals surface area contributed by atoms with Crippen molar-refractivity contribution in [1.82, 2.24) is 9.88 Å². The van der Waals surface area contributed by atoms with Gasteiger partial charge in [0, 0.05) is 24.2 Å². The molecule has 0 atom stereocenters. The minimum Gasteiger partial charge on any atom is -0.355 e. The highest BCUT2D eigenvalue weighted by atomic mass is 16.6. The second kappa shape index (κ2) is 6.39. The normalized spacial score (nSPS) is 11.0. The summed E-state index contributed by atoms with van der Waals surface area (Å²) in [7, 11) is 0. The lowest BCUT2D eigenvalue weighted by Crippen LogP contribution is -2.28. The van der Waals surface area contributed by atoms with Gasteiger partial charge >= 0.3 is 0 Å². The molecule has 2 rings (SSSR count). The van der Waals surface area contributed by atoms with Crippen LogP contribution in [0.15, 0.2) is 30.5 Å². The summed E-state index contributed by atoms with van der Waals surface area (Å²) in [5.41, 5.74) is 0.508. The first-order chi connectivity index (χ1) is 9.99. The van der Waals surface area contributed by atoms with Gasteiger partial charge in [0.25, 0.3) is 5.69 Å².